The first-order valence-corrected chi connectivity index (χ1v) is 14.6. The molecule has 0 aliphatic carbocycles. The van der Waals surface area contributed by atoms with E-state index in [1.807, 2.05) is 28.5 Å². The van der Waals surface area contributed by atoms with Crippen molar-refractivity contribution in [1.82, 2.24) is 4.98 Å². The van der Waals surface area contributed by atoms with Crippen molar-refractivity contribution >= 4 is 58.2 Å². The number of benzene rings is 2. The molecule has 1 aliphatic heterocycles. The zero-order valence-corrected chi connectivity index (χ0v) is 23.7. The van der Waals surface area contributed by atoms with Crippen LogP contribution in [0.15, 0.2) is 43.5 Å². The fraction of sp³-hybridized carbons (Fsp3) is 0.348. The molecule has 3 aromatic rings. The first-order chi connectivity index (χ1) is 16.6. The molecule has 1 fully saturated rings. The molecule has 0 saturated carbocycles. The quantitative estimate of drug-likeness (QED) is 0.292. The lowest BCUT2D eigenvalue weighted by Gasteiger charge is -2.31. The molecular formula is C23H22Br2F2N2O4S2. The summed E-state index contributed by atoms with van der Waals surface area (Å²) in [5.74, 6) is -0.512. The number of ether oxygens (including phenoxy) is 2. The average Bonchev–Trinajstić information content (AvgIpc) is 3.31. The molecule has 0 unspecified atom stereocenters. The third kappa shape index (κ3) is 5.35. The molecule has 2 aromatic carbocycles. The third-order valence-electron chi connectivity index (χ3n) is 5.88. The Balaban J connectivity index is 1.45. The normalized spacial score (nSPS) is 14.9. The van der Waals surface area contributed by atoms with Crippen molar-refractivity contribution in [2.24, 2.45) is 0 Å². The van der Waals surface area contributed by atoms with Gasteiger partial charge in [-0.3, -0.25) is 0 Å². The number of anilines is 1. The Morgan fingerprint density at radius 1 is 1.11 bits per heavy atom. The van der Waals surface area contributed by atoms with Gasteiger partial charge in [0.15, 0.2) is 32.3 Å². The topological polar surface area (TPSA) is 68.7 Å². The monoisotopic (exact) mass is 650 g/mol. The summed E-state index contributed by atoms with van der Waals surface area (Å²) < 4.78 is 65.1. The van der Waals surface area contributed by atoms with Crippen LogP contribution in [0.4, 0.5) is 13.9 Å². The van der Waals surface area contributed by atoms with E-state index < -0.39 is 31.6 Å². The summed E-state index contributed by atoms with van der Waals surface area (Å²) in [6, 6.07) is 6.63. The summed E-state index contributed by atoms with van der Waals surface area (Å²) in [6.07, 6.45) is 1.18. The molecular weight excluding hydrogens is 630 g/mol. The van der Waals surface area contributed by atoms with Crippen molar-refractivity contribution in [2.75, 3.05) is 32.2 Å². The van der Waals surface area contributed by atoms with E-state index >= 15 is 0 Å². The van der Waals surface area contributed by atoms with E-state index in [1.165, 1.54) is 11.3 Å². The van der Waals surface area contributed by atoms with Gasteiger partial charge in [0.05, 0.1) is 34.1 Å². The minimum absolute atomic E-state index is 0.223. The Kier molecular flexibility index (Phi) is 8.04. The van der Waals surface area contributed by atoms with Gasteiger partial charge in [-0.25, -0.2) is 22.2 Å². The number of rotatable bonds is 7. The number of thiazole rings is 1. The highest BCUT2D eigenvalue weighted by molar-refractivity contribution is 9.11. The van der Waals surface area contributed by atoms with E-state index in [1.54, 1.807) is 14.2 Å². The molecule has 6 nitrogen and oxygen atoms in total. The van der Waals surface area contributed by atoms with E-state index in [0.717, 1.165) is 22.5 Å². The van der Waals surface area contributed by atoms with Crippen molar-refractivity contribution < 1.29 is 26.7 Å². The maximum Gasteiger partial charge on any atom is 0.185 e. The smallest absolute Gasteiger partial charge is 0.185 e. The second-order valence-electron chi connectivity index (χ2n) is 8.02. The molecule has 2 heterocycles. The van der Waals surface area contributed by atoms with E-state index in [4.69, 9.17) is 14.5 Å². The van der Waals surface area contributed by atoms with Gasteiger partial charge in [0, 0.05) is 24.9 Å². The highest BCUT2D eigenvalue weighted by Crippen LogP contribution is 2.37. The van der Waals surface area contributed by atoms with Crippen molar-refractivity contribution in [2.45, 2.75) is 29.4 Å². The summed E-state index contributed by atoms with van der Waals surface area (Å²) >= 11 is 7.31. The second-order valence-corrected chi connectivity index (χ2v) is 12.7. The predicted octanol–water partition coefficient (Wildman–Crippen LogP) is 6.00. The van der Waals surface area contributed by atoms with Crippen LogP contribution in [0.5, 0.6) is 11.5 Å². The molecule has 188 valence electrons. The average molecular weight is 652 g/mol. The molecule has 0 atom stereocenters. The van der Waals surface area contributed by atoms with Gasteiger partial charge >= 0.3 is 0 Å². The van der Waals surface area contributed by atoms with Crippen molar-refractivity contribution in [1.29, 1.82) is 0 Å². The van der Waals surface area contributed by atoms with E-state index in [2.05, 4.69) is 31.9 Å². The molecule has 1 aliphatic rings. The van der Waals surface area contributed by atoms with Crippen LogP contribution in [0, 0.1) is 11.6 Å². The van der Waals surface area contributed by atoms with Gasteiger partial charge in [-0.2, -0.15) is 0 Å². The van der Waals surface area contributed by atoms with Gasteiger partial charge in [0.25, 0.3) is 0 Å². The first kappa shape index (κ1) is 26.3. The molecule has 1 saturated heterocycles. The number of hydrogen-bond acceptors (Lipinski definition) is 7. The zero-order chi connectivity index (χ0) is 25.3. The molecule has 0 spiro atoms. The number of halogens is 4. The summed E-state index contributed by atoms with van der Waals surface area (Å²) in [7, 11) is -0.901. The van der Waals surface area contributed by atoms with Crippen LogP contribution < -0.4 is 14.4 Å². The van der Waals surface area contributed by atoms with Crippen LogP contribution in [-0.2, 0) is 16.3 Å². The van der Waals surface area contributed by atoms with E-state index in [9.17, 15) is 17.2 Å². The van der Waals surface area contributed by atoms with Crippen LogP contribution in [0.25, 0.3) is 0 Å². The van der Waals surface area contributed by atoms with Gasteiger partial charge in [0.2, 0.25) is 0 Å². The van der Waals surface area contributed by atoms with Gasteiger partial charge in [0.1, 0.15) is 10.7 Å². The Labute approximate surface area is 223 Å². The van der Waals surface area contributed by atoms with E-state index in [-0.39, 0.29) is 21.8 Å². The highest BCUT2D eigenvalue weighted by atomic mass is 79.9. The standard InChI is InChI=1S/C23H22Br2F2N2O4S2/c1-32-18-4-3-13(10-19(18)33-2)9-14-12-34-23(28-14)29-7-5-15(6-8-29)35(30,31)22-20(25)17(26)11-16(24)21(22)27/h3-4,10-12,15H,5-9H2,1-2H3. The molecule has 0 bridgehead atoms. The fourth-order valence-electron chi connectivity index (χ4n) is 4.05. The lowest BCUT2D eigenvalue weighted by atomic mass is 10.1. The fourth-order valence-corrected chi connectivity index (χ4v) is 8.29. The van der Waals surface area contributed by atoms with Crippen molar-refractivity contribution in [3.8, 4) is 11.5 Å². The van der Waals surface area contributed by atoms with E-state index in [0.29, 0.717) is 31.0 Å². The number of aromatic nitrogens is 1. The Morgan fingerprint density at radius 2 is 1.80 bits per heavy atom. The van der Waals surface area contributed by atoms with Crippen LogP contribution in [-0.4, -0.2) is 46.0 Å². The van der Waals surface area contributed by atoms with Crippen molar-refractivity contribution in [3.05, 3.63) is 61.5 Å². The Hall–Kier alpha value is -1.76. The third-order valence-corrected chi connectivity index (χ3v) is 10.7. The molecule has 0 radical (unpaired) electrons. The van der Waals surface area contributed by atoms with Gasteiger partial charge in [-0.1, -0.05) is 6.07 Å². The lowest BCUT2D eigenvalue weighted by molar-refractivity contribution is 0.354. The van der Waals surface area contributed by atoms with Gasteiger partial charge < -0.3 is 14.4 Å². The molecule has 4 rings (SSSR count). The summed E-state index contributed by atoms with van der Waals surface area (Å²) in [6.45, 7) is 0.895. The number of piperidine rings is 1. The Bertz CT molecular complexity index is 1320. The molecule has 35 heavy (non-hydrogen) atoms. The molecule has 12 heteroatoms. The minimum atomic E-state index is -4.08. The van der Waals surface area contributed by atoms with Crippen LogP contribution >= 0.6 is 43.2 Å². The molecule has 0 N–H and O–H groups in total. The maximum absolute atomic E-state index is 14.7. The minimum Gasteiger partial charge on any atom is -0.493 e. The Morgan fingerprint density at radius 3 is 2.46 bits per heavy atom. The predicted molar refractivity (Wildman–Crippen MR) is 139 cm³/mol. The van der Waals surface area contributed by atoms with Crippen LogP contribution in [0.3, 0.4) is 0 Å². The van der Waals surface area contributed by atoms with Crippen molar-refractivity contribution in [3.63, 3.8) is 0 Å². The lowest BCUT2D eigenvalue weighted by Crippen LogP contribution is -2.39. The number of nitrogens with zero attached hydrogens (tertiary/aromatic N) is 2. The highest BCUT2D eigenvalue weighted by Gasteiger charge is 2.37. The number of sulfone groups is 1. The molecule has 1 aromatic heterocycles. The van der Waals surface area contributed by atoms with Gasteiger partial charge in [-0.05, 0) is 68.5 Å². The molecule has 0 amide bonds. The summed E-state index contributed by atoms with van der Waals surface area (Å²) in [5.41, 5.74) is 1.92. The van der Waals surface area contributed by atoms with Gasteiger partial charge in [-0.15, -0.1) is 11.3 Å². The SMILES string of the molecule is COc1ccc(Cc2csc(N3CCC(S(=O)(=O)c4c(F)c(Br)cc(F)c4Br)CC3)n2)cc1OC. The first-order valence-electron chi connectivity index (χ1n) is 10.6. The second kappa shape index (κ2) is 10.7. The van der Waals surface area contributed by atoms with Crippen LogP contribution in [0.2, 0.25) is 0 Å². The van der Waals surface area contributed by atoms with Crippen LogP contribution in [0.1, 0.15) is 24.1 Å². The maximum atomic E-state index is 14.7. The summed E-state index contributed by atoms with van der Waals surface area (Å²) in [5, 5.41) is 1.97. The summed E-state index contributed by atoms with van der Waals surface area (Å²) in [4.78, 5) is 6.12. The number of hydrogen-bond donors (Lipinski definition) is 0. The zero-order valence-electron chi connectivity index (χ0n) is 18.9. The number of methoxy groups -OCH3 is 2. The largest absolute Gasteiger partial charge is 0.493 e.